The second kappa shape index (κ2) is 3.84. The summed E-state index contributed by atoms with van der Waals surface area (Å²) >= 11 is 0. The van der Waals surface area contributed by atoms with Crippen LogP contribution in [0.15, 0.2) is 11.2 Å². The summed E-state index contributed by atoms with van der Waals surface area (Å²) < 4.78 is 25.2. The average molecular weight is 231 g/mol. The van der Waals surface area contributed by atoms with Crippen molar-refractivity contribution in [2.75, 3.05) is 5.73 Å². The highest BCUT2D eigenvalue weighted by molar-refractivity contribution is 7.92. The van der Waals surface area contributed by atoms with E-state index < -0.39 is 15.1 Å². The number of nitrogens with two attached hydrogens (primary N) is 1. The second-order valence-electron chi connectivity index (χ2n) is 4.06. The Morgan fingerprint density at radius 3 is 2.20 bits per heavy atom. The smallest absolute Gasteiger partial charge is 0.201 e. The third-order valence-corrected chi connectivity index (χ3v) is 4.24. The lowest BCUT2D eigenvalue weighted by Gasteiger charge is -2.05. The van der Waals surface area contributed by atoms with Crippen LogP contribution in [0.25, 0.3) is 0 Å². The molecule has 1 heterocycles. The van der Waals surface area contributed by atoms with Crippen LogP contribution in [0, 0.1) is 0 Å². The fraction of sp³-hybridized carbons (Fsp3) is 0.667. The minimum absolute atomic E-state index is 0.00815. The van der Waals surface area contributed by atoms with Crippen LogP contribution in [0.4, 0.5) is 5.69 Å². The van der Waals surface area contributed by atoms with Crippen LogP contribution in [-0.4, -0.2) is 23.4 Å². The number of sulfone groups is 1. The largest absolute Gasteiger partial charge is 0.395 e. The van der Waals surface area contributed by atoms with Gasteiger partial charge < -0.3 is 5.73 Å². The van der Waals surface area contributed by atoms with Crippen molar-refractivity contribution in [3.05, 3.63) is 6.20 Å². The first kappa shape index (κ1) is 12.0. The first-order valence-electron chi connectivity index (χ1n) is 4.85. The number of anilines is 1. The number of aromatic nitrogens is 2. The van der Waals surface area contributed by atoms with Gasteiger partial charge in [0.05, 0.1) is 10.9 Å². The van der Waals surface area contributed by atoms with Crippen LogP contribution in [0.3, 0.4) is 0 Å². The van der Waals surface area contributed by atoms with Crippen molar-refractivity contribution in [2.45, 2.75) is 44.0 Å². The summed E-state index contributed by atoms with van der Waals surface area (Å²) in [5, 5.41) is 3.49. The van der Waals surface area contributed by atoms with Gasteiger partial charge in [0, 0.05) is 12.2 Å². The molecule has 1 aromatic rings. The van der Waals surface area contributed by atoms with E-state index >= 15 is 0 Å². The quantitative estimate of drug-likeness (QED) is 0.848. The van der Waals surface area contributed by atoms with Crippen molar-refractivity contribution in [2.24, 2.45) is 0 Å². The zero-order valence-electron chi connectivity index (χ0n) is 9.43. The topological polar surface area (TPSA) is 78.0 Å². The van der Waals surface area contributed by atoms with E-state index in [0.717, 1.165) is 0 Å². The molecule has 0 bridgehead atoms. The molecule has 0 unspecified atom stereocenters. The molecule has 0 spiro atoms. The van der Waals surface area contributed by atoms with Gasteiger partial charge in [0.1, 0.15) is 0 Å². The van der Waals surface area contributed by atoms with Gasteiger partial charge in [-0.3, -0.25) is 4.68 Å². The number of nitrogens with zero attached hydrogens (tertiary/aromatic N) is 2. The van der Waals surface area contributed by atoms with Crippen molar-refractivity contribution in [3.63, 3.8) is 0 Å². The zero-order chi connectivity index (χ0) is 11.8. The maximum Gasteiger partial charge on any atom is 0.201 e. The van der Waals surface area contributed by atoms with Gasteiger partial charge in [0.25, 0.3) is 0 Å². The van der Waals surface area contributed by atoms with Crippen LogP contribution in [0.1, 0.15) is 33.7 Å². The molecule has 86 valence electrons. The van der Waals surface area contributed by atoms with Crippen molar-refractivity contribution < 1.29 is 8.42 Å². The summed E-state index contributed by atoms with van der Waals surface area (Å²) in [6.45, 7) is 7.06. The van der Waals surface area contributed by atoms with E-state index in [2.05, 4.69) is 5.10 Å². The maximum atomic E-state index is 11.8. The molecule has 0 aliphatic heterocycles. The Balaban J connectivity index is 3.28. The van der Waals surface area contributed by atoms with Gasteiger partial charge in [0.15, 0.2) is 5.03 Å². The van der Waals surface area contributed by atoms with E-state index in [4.69, 9.17) is 5.73 Å². The Morgan fingerprint density at radius 2 is 1.87 bits per heavy atom. The Hall–Kier alpha value is -1.04. The van der Waals surface area contributed by atoms with Crippen molar-refractivity contribution in [1.82, 2.24) is 9.78 Å². The van der Waals surface area contributed by atoms with Gasteiger partial charge in [-0.2, -0.15) is 5.10 Å². The molecular formula is C9H17N3O2S. The highest BCUT2D eigenvalue weighted by Gasteiger charge is 2.25. The van der Waals surface area contributed by atoms with Crippen LogP contribution in [0.2, 0.25) is 0 Å². The summed E-state index contributed by atoms with van der Waals surface area (Å²) in [5.41, 5.74) is 5.86. The number of nitrogen functional groups attached to an aromatic ring is 1. The van der Waals surface area contributed by atoms with Crippen molar-refractivity contribution in [1.29, 1.82) is 0 Å². The van der Waals surface area contributed by atoms with Crippen LogP contribution in [0.5, 0.6) is 0 Å². The molecule has 0 aliphatic carbocycles. The number of rotatable bonds is 3. The first-order valence-corrected chi connectivity index (χ1v) is 6.40. The molecule has 0 atom stereocenters. The molecular weight excluding hydrogens is 214 g/mol. The molecule has 0 saturated carbocycles. The maximum absolute atomic E-state index is 11.8. The van der Waals surface area contributed by atoms with Crippen LogP contribution in [-0.2, 0) is 9.84 Å². The highest BCUT2D eigenvalue weighted by atomic mass is 32.2. The molecule has 1 rings (SSSR count). The minimum Gasteiger partial charge on any atom is -0.395 e. The molecule has 0 saturated heterocycles. The van der Waals surface area contributed by atoms with E-state index in [9.17, 15) is 8.42 Å². The van der Waals surface area contributed by atoms with E-state index in [1.54, 1.807) is 24.7 Å². The number of hydrogen-bond acceptors (Lipinski definition) is 4. The molecule has 15 heavy (non-hydrogen) atoms. The van der Waals surface area contributed by atoms with E-state index in [-0.39, 0.29) is 16.8 Å². The summed E-state index contributed by atoms with van der Waals surface area (Å²) in [5.74, 6) is 0. The summed E-state index contributed by atoms with van der Waals surface area (Å²) in [6.07, 6.45) is 1.56. The van der Waals surface area contributed by atoms with Crippen LogP contribution >= 0.6 is 0 Å². The SMILES string of the molecule is CC(C)n1cc(N)c(S(=O)(=O)C(C)C)n1. The van der Waals surface area contributed by atoms with E-state index in [1.165, 1.54) is 0 Å². The Labute approximate surface area is 90.2 Å². The summed E-state index contributed by atoms with van der Waals surface area (Å²) in [6, 6.07) is 0.100. The predicted octanol–water partition coefficient (Wildman–Crippen LogP) is 1.23. The molecule has 2 N–H and O–H groups in total. The molecule has 0 amide bonds. The van der Waals surface area contributed by atoms with Crippen molar-refractivity contribution in [3.8, 4) is 0 Å². The average Bonchev–Trinajstić information content (AvgIpc) is 2.47. The third-order valence-electron chi connectivity index (χ3n) is 2.14. The van der Waals surface area contributed by atoms with E-state index in [1.807, 2.05) is 13.8 Å². The zero-order valence-corrected chi connectivity index (χ0v) is 10.2. The van der Waals surface area contributed by atoms with E-state index in [0.29, 0.717) is 0 Å². The van der Waals surface area contributed by atoms with Gasteiger partial charge in [0.2, 0.25) is 9.84 Å². The molecule has 1 aromatic heterocycles. The monoisotopic (exact) mass is 231 g/mol. The van der Waals surface area contributed by atoms with Gasteiger partial charge in [-0.05, 0) is 27.7 Å². The van der Waals surface area contributed by atoms with Gasteiger partial charge in [-0.15, -0.1) is 0 Å². The lowest BCUT2D eigenvalue weighted by molar-refractivity contribution is 0.515. The highest BCUT2D eigenvalue weighted by Crippen LogP contribution is 2.22. The third kappa shape index (κ3) is 2.14. The molecule has 5 nitrogen and oxygen atoms in total. The Kier molecular flexibility index (Phi) is 3.08. The fourth-order valence-corrected chi connectivity index (χ4v) is 2.13. The lowest BCUT2D eigenvalue weighted by atomic mass is 10.4. The first-order chi connectivity index (χ1) is 6.76. The second-order valence-corrected chi connectivity index (χ2v) is 6.48. The minimum atomic E-state index is -3.38. The number of hydrogen-bond donors (Lipinski definition) is 1. The lowest BCUT2D eigenvalue weighted by Crippen LogP contribution is -2.16. The molecule has 0 aromatic carbocycles. The summed E-state index contributed by atoms with van der Waals surface area (Å²) in [4.78, 5) is 0. The van der Waals surface area contributed by atoms with Gasteiger partial charge >= 0.3 is 0 Å². The Morgan fingerprint density at radius 1 is 1.33 bits per heavy atom. The normalized spacial score (nSPS) is 12.7. The van der Waals surface area contributed by atoms with Crippen molar-refractivity contribution >= 4 is 15.5 Å². The molecule has 6 heteroatoms. The Bertz CT molecular complexity index is 446. The fourth-order valence-electron chi connectivity index (χ4n) is 1.10. The standard InChI is InChI=1S/C9H17N3O2S/c1-6(2)12-5-8(10)9(11-12)15(13,14)7(3)4/h5-7H,10H2,1-4H3. The molecule has 0 fully saturated rings. The van der Waals surface area contributed by atoms with Gasteiger partial charge in [-0.25, -0.2) is 8.42 Å². The summed E-state index contributed by atoms with van der Waals surface area (Å²) in [7, 11) is -3.38. The molecule has 0 radical (unpaired) electrons. The predicted molar refractivity (Wildman–Crippen MR) is 59.3 cm³/mol. The van der Waals surface area contributed by atoms with Crippen LogP contribution < -0.4 is 5.73 Å². The van der Waals surface area contributed by atoms with Gasteiger partial charge in [-0.1, -0.05) is 0 Å². The molecule has 0 aliphatic rings.